The predicted molar refractivity (Wildman–Crippen MR) is 186 cm³/mol. The van der Waals surface area contributed by atoms with Crippen LogP contribution in [-0.4, -0.2) is 46.3 Å². The van der Waals surface area contributed by atoms with Crippen LogP contribution in [0.25, 0.3) is 12.2 Å². The third kappa shape index (κ3) is 8.19. The summed E-state index contributed by atoms with van der Waals surface area (Å²) in [5.74, 6) is -0.736. The molecular formula is C40H54N2O4. The first kappa shape index (κ1) is 34.1. The van der Waals surface area contributed by atoms with Crippen molar-refractivity contribution in [3.05, 3.63) is 82.9 Å². The summed E-state index contributed by atoms with van der Waals surface area (Å²) in [6.45, 7) is 17.3. The molecule has 2 aromatic carbocycles. The Hall–Kier alpha value is -3.22. The molecule has 3 fully saturated rings. The van der Waals surface area contributed by atoms with Crippen LogP contribution >= 0.6 is 0 Å². The number of esters is 2. The zero-order chi connectivity index (χ0) is 33.3. The highest BCUT2D eigenvalue weighted by Gasteiger charge is 2.46. The van der Waals surface area contributed by atoms with Crippen molar-refractivity contribution in [1.29, 1.82) is 0 Å². The maximum absolute atomic E-state index is 13.6. The molecule has 2 unspecified atom stereocenters. The van der Waals surface area contributed by atoms with Crippen LogP contribution < -0.4 is 10.6 Å². The first-order valence-electron chi connectivity index (χ1n) is 17.1. The van der Waals surface area contributed by atoms with Crippen LogP contribution in [0.1, 0.15) is 105 Å². The number of hydrogen-bond donors (Lipinski definition) is 2. The maximum atomic E-state index is 13.6. The van der Waals surface area contributed by atoms with Crippen LogP contribution in [0, 0.1) is 11.8 Å². The van der Waals surface area contributed by atoms with Crippen molar-refractivity contribution in [3.63, 3.8) is 0 Å². The third-order valence-corrected chi connectivity index (χ3v) is 9.98. The molecule has 2 aliphatic heterocycles. The Labute approximate surface area is 276 Å². The molecule has 1 aliphatic carbocycles. The van der Waals surface area contributed by atoms with Gasteiger partial charge in [-0.2, -0.15) is 0 Å². The van der Waals surface area contributed by atoms with Gasteiger partial charge in [-0.15, -0.1) is 0 Å². The number of rotatable bonds is 6. The molecule has 5 rings (SSSR count). The topological polar surface area (TPSA) is 76.7 Å². The van der Waals surface area contributed by atoms with Crippen LogP contribution in [0.2, 0.25) is 0 Å². The number of carbonyl (C=O) groups is 2. The largest absolute Gasteiger partial charge is 0.457 e. The van der Waals surface area contributed by atoms with Crippen LogP contribution in [0.5, 0.6) is 0 Å². The van der Waals surface area contributed by atoms with E-state index in [4.69, 9.17) is 9.47 Å². The van der Waals surface area contributed by atoms with E-state index in [9.17, 15) is 9.59 Å². The predicted octanol–water partition coefficient (Wildman–Crippen LogP) is 7.88. The summed E-state index contributed by atoms with van der Waals surface area (Å²) in [7, 11) is 0. The van der Waals surface area contributed by atoms with Gasteiger partial charge in [-0.3, -0.25) is 9.59 Å². The Morgan fingerprint density at radius 2 is 0.913 bits per heavy atom. The van der Waals surface area contributed by atoms with E-state index in [1.54, 1.807) is 0 Å². The molecule has 0 amide bonds. The van der Waals surface area contributed by atoms with Crippen molar-refractivity contribution >= 4 is 24.1 Å². The molecule has 1 saturated carbocycles. The van der Waals surface area contributed by atoms with Crippen molar-refractivity contribution in [1.82, 2.24) is 10.6 Å². The monoisotopic (exact) mass is 626 g/mol. The highest BCUT2D eigenvalue weighted by molar-refractivity contribution is 5.76. The lowest BCUT2D eigenvalue weighted by Gasteiger charge is -2.48. The minimum Gasteiger partial charge on any atom is -0.457 e. The molecule has 2 saturated heterocycles. The van der Waals surface area contributed by atoms with Gasteiger partial charge in [0.15, 0.2) is 0 Å². The van der Waals surface area contributed by atoms with E-state index >= 15 is 0 Å². The zero-order valence-electron chi connectivity index (χ0n) is 29.1. The third-order valence-electron chi connectivity index (χ3n) is 9.98. The molecule has 248 valence electrons. The Kier molecular flexibility index (Phi) is 9.73. The molecule has 0 bridgehead atoms. The fourth-order valence-corrected chi connectivity index (χ4v) is 8.14. The van der Waals surface area contributed by atoms with E-state index in [-0.39, 0.29) is 58.1 Å². The Balaban J connectivity index is 1.24. The molecule has 0 aromatic heterocycles. The molecule has 6 nitrogen and oxygen atoms in total. The maximum Gasteiger partial charge on any atom is 0.309 e. The Bertz CT molecular complexity index is 1340. The number of nitrogens with one attached hydrogen (secondary N) is 2. The van der Waals surface area contributed by atoms with Crippen molar-refractivity contribution in [2.75, 3.05) is 0 Å². The van der Waals surface area contributed by atoms with E-state index in [0.29, 0.717) is 38.5 Å². The van der Waals surface area contributed by atoms with Gasteiger partial charge in [0.2, 0.25) is 0 Å². The summed E-state index contributed by atoms with van der Waals surface area (Å²) >= 11 is 0. The summed E-state index contributed by atoms with van der Waals surface area (Å²) in [6, 6.07) is 20.4. The first-order chi connectivity index (χ1) is 21.5. The molecule has 46 heavy (non-hydrogen) atoms. The average molecular weight is 627 g/mol. The smallest absolute Gasteiger partial charge is 0.309 e. The summed E-state index contributed by atoms with van der Waals surface area (Å²) in [5, 5.41) is 7.49. The first-order valence-corrected chi connectivity index (χ1v) is 17.1. The van der Waals surface area contributed by atoms with Crippen LogP contribution in [0.3, 0.4) is 0 Å². The van der Waals surface area contributed by atoms with Gasteiger partial charge in [0.1, 0.15) is 12.2 Å². The molecule has 6 heteroatoms. The fourth-order valence-electron chi connectivity index (χ4n) is 8.14. The second-order valence-electron chi connectivity index (χ2n) is 16.1. The van der Waals surface area contributed by atoms with Gasteiger partial charge in [0, 0.05) is 35.0 Å². The van der Waals surface area contributed by atoms with Gasteiger partial charge in [-0.1, -0.05) is 72.8 Å². The molecule has 2 aromatic rings. The Morgan fingerprint density at radius 3 is 1.24 bits per heavy atom. The normalized spacial score (nSPS) is 30.0. The van der Waals surface area contributed by atoms with Gasteiger partial charge in [0.25, 0.3) is 0 Å². The lowest BCUT2D eigenvalue weighted by molar-refractivity contribution is -0.161. The number of benzene rings is 2. The van der Waals surface area contributed by atoms with Crippen LogP contribution in [0.15, 0.2) is 71.8 Å². The van der Waals surface area contributed by atoms with E-state index in [0.717, 1.165) is 22.3 Å². The molecule has 2 heterocycles. The second-order valence-corrected chi connectivity index (χ2v) is 16.1. The van der Waals surface area contributed by atoms with E-state index < -0.39 is 0 Å². The SMILES string of the molecule is CC1(C)CC(OC(=O)C2CCC(C(=O)OC3CC(C)(C)NC(C)(C)C3=Cc3ccccc3)CC2)C(=Cc2ccccc2)C(C)(C)N1. The summed E-state index contributed by atoms with van der Waals surface area (Å²) in [5.41, 5.74) is 3.30. The van der Waals surface area contributed by atoms with Crippen molar-refractivity contribution in [2.45, 2.75) is 128 Å². The molecule has 2 N–H and O–H groups in total. The van der Waals surface area contributed by atoms with Gasteiger partial charge < -0.3 is 20.1 Å². The quantitative estimate of drug-likeness (QED) is 0.318. The summed E-state index contributed by atoms with van der Waals surface area (Å²) < 4.78 is 12.7. The lowest BCUT2D eigenvalue weighted by Crippen LogP contribution is -2.61. The minimum atomic E-state index is -0.338. The van der Waals surface area contributed by atoms with E-state index in [1.165, 1.54) is 0 Å². The minimum absolute atomic E-state index is 0.154. The van der Waals surface area contributed by atoms with Crippen LogP contribution in [-0.2, 0) is 19.1 Å². The van der Waals surface area contributed by atoms with Gasteiger partial charge in [-0.25, -0.2) is 0 Å². The fraction of sp³-hybridized carbons (Fsp3) is 0.550. The van der Waals surface area contributed by atoms with E-state index in [1.807, 2.05) is 36.4 Å². The molecule has 0 spiro atoms. The number of ether oxygens (including phenoxy) is 2. The van der Waals surface area contributed by atoms with Gasteiger partial charge >= 0.3 is 11.9 Å². The summed E-state index contributed by atoms with van der Waals surface area (Å²) in [6.07, 6.45) is 7.61. The molecule has 2 atom stereocenters. The zero-order valence-corrected chi connectivity index (χ0v) is 29.1. The molecule has 0 radical (unpaired) electrons. The number of piperidine rings is 2. The number of hydrogen-bond acceptors (Lipinski definition) is 6. The molecular weight excluding hydrogens is 572 g/mol. The van der Waals surface area contributed by atoms with Crippen molar-refractivity contribution < 1.29 is 19.1 Å². The highest BCUT2D eigenvalue weighted by atomic mass is 16.5. The average Bonchev–Trinajstić information content (AvgIpc) is 2.96. The van der Waals surface area contributed by atoms with Crippen molar-refractivity contribution in [3.8, 4) is 0 Å². The molecule has 3 aliphatic rings. The second kappa shape index (κ2) is 13.1. The van der Waals surface area contributed by atoms with Crippen LogP contribution in [0.4, 0.5) is 0 Å². The van der Waals surface area contributed by atoms with Gasteiger partial charge in [0.05, 0.1) is 11.8 Å². The lowest BCUT2D eigenvalue weighted by atomic mass is 9.75. The van der Waals surface area contributed by atoms with Gasteiger partial charge in [-0.05, 0) is 103 Å². The van der Waals surface area contributed by atoms with Crippen molar-refractivity contribution in [2.24, 2.45) is 11.8 Å². The highest BCUT2D eigenvalue weighted by Crippen LogP contribution is 2.40. The van der Waals surface area contributed by atoms with E-state index in [2.05, 4.69) is 102 Å². The Morgan fingerprint density at radius 1 is 0.587 bits per heavy atom. The summed E-state index contributed by atoms with van der Waals surface area (Å²) in [4.78, 5) is 27.3. The standard InChI is InChI=1S/C40H54N2O4/c1-37(2)25-33(31(39(5,6)41-37)23-27-15-11-9-12-16-27)45-35(43)29-19-21-30(22-20-29)36(44)46-34-26-38(3,4)42-40(7,8)32(34)24-28-17-13-10-14-18-28/h9-18,23-24,29-30,33-34,41-42H,19-22,25-26H2,1-8H3. The number of carbonyl (C=O) groups excluding carboxylic acids is 2.